The number of phenols is 1. The molecule has 5 rings (SSSR count). The number of ketones is 4. The third-order valence-electron chi connectivity index (χ3n) is 8.47. The molecule has 2 aromatic carbocycles. The fourth-order valence-electron chi connectivity index (χ4n) is 6.73. The van der Waals surface area contributed by atoms with E-state index in [1.165, 1.54) is 37.2 Å². The van der Waals surface area contributed by atoms with E-state index in [9.17, 15) is 39.3 Å². The van der Waals surface area contributed by atoms with Crippen LogP contribution in [0.2, 0.25) is 0 Å². The lowest BCUT2D eigenvalue weighted by Crippen LogP contribution is -2.77. The van der Waals surface area contributed by atoms with Crippen LogP contribution in [-0.4, -0.2) is 87.7 Å². The van der Waals surface area contributed by atoms with Crippen molar-refractivity contribution >= 4 is 29.0 Å². The number of aliphatic hydroxyl groups excluding tert-OH is 1. The lowest BCUT2D eigenvalue weighted by Gasteiger charge is -2.56. The molecule has 210 valence electrons. The van der Waals surface area contributed by atoms with Crippen molar-refractivity contribution in [1.82, 2.24) is 4.90 Å². The smallest absolute Gasteiger partial charge is 0.235 e. The minimum atomic E-state index is -3.06. The molecule has 40 heavy (non-hydrogen) atoms. The first-order valence-electron chi connectivity index (χ1n) is 12.9. The summed E-state index contributed by atoms with van der Waals surface area (Å²) in [7, 11) is 2.88. The zero-order valence-corrected chi connectivity index (χ0v) is 21.9. The molecule has 0 heterocycles. The normalized spacial score (nSPS) is 33.4. The number of Topliss-reactive ketones (excluding diaryl/α,β-unsaturated/α-hetero) is 4. The minimum Gasteiger partial charge on any atom is -0.507 e. The molecule has 0 spiro atoms. The highest BCUT2D eigenvalue weighted by atomic mass is 16.5. The minimum absolute atomic E-state index is 0.107. The highest BCUT2D eigenvalue weighted by Crippen LogP contribution is 2.54. The SMILES string of the molecule is CN(C)[C@@H]1C(=O)C(C(N)=O)C(=O)[C@@]2(O)C(=O)C3C(=O)c4c(O)cccc4[C@H](OCCc4ccccc4)[C@H]3[C@H](O)[C@@H]12. The van der Waals surface area contributed by atoms with Crippen LogP contribution in [0.25, 0.3) is 0 Å². The highest BCUT2D eigenvalue weighted by Gasteiger charge is 2.73. The number of nitrogens with two attached hydrogens (primary N) is 1. The van der Waals surface area contributed by atoms with Gasteiger partial charge in [-0.2, -0.15) is 0 Å². The Kier molecular flexibility index (Phi) is 6.95. The maximum absolute atomic E-state index is 14.1. The number of nitrogens with zero attached hydrogens (tertiary/aromatic N) is 1. The van der Waals surface area contributed by atoms with Gasteiger partial charge in [0.05, 0.1) is 42.3 Å². The summed E-state index contributed by atoms with van der Waals surface area (Å²) in [6.07, 6.45) is -2.44. The van der Waals surface area contributed by atoms with Crippen LogP contribution >= 0.6 is 0 Å². The molecule has 2 aromatic rings. The molecular formula is C29H30N2O9. The van der Waals surface area contributed by atoms with Gasteiger partial charge in [-0.25, -0.2) is 0 Å². The number of hydrogen-bond donors (Lipinski definition) is 4. The Labute approximate surface area is 229 Å². The standard InChI is InChI=1S/C29H30N2O9/c1-31(2)21-20-23(34)17-18(26(36)29(20,39)27(37)19(24(21)35)28(30)38)22(33)16-14(9-6-10-15(16)32)25(17)40-12-11-13-7-4-3-5-8-13/h3-10,17-21,23,25,32,34,39H,11-12H2,1-2H3,(H2,30,38)/t17-,18?,19?,20-,21+,23+,25+,29+/m1/s1. The van der Waals surface area contributed by atoms with Crippen molar-refractivity contribution in [3.8, 4) is 5.75 Å². The zero-order valence-electron chi connectivity index (χ0n) is 21.9. The molecule has 2 fully saturated rings. The van der Waals surface area contributed by atoms with Crippen LogP contribution in [0, 0.1) is 23.7 Å². The molecule has 0 saturated heterocycles. The molecule has 11 nitrogen and oxygen atoms in total. The van der Waals surface area contributed by atoms with Crippen molar-refractivity contribution in [2.24, 2.45) is 29.4 Å². The van der Waals surface area contributed by atoms with Gasteiger partial charge in [-0.05, 0) is 37.7 Å². The third-order valence-corrected chi connectivity index (χ3v) is 8.47. The van der Waals surface area contributed by atoms with Gasteiger partial charge in [-0.3, -0.25) is 28.9 Å². The summed E-state index contributed by atoms with van der Waals surface area (Å²) < 4.78 is 6.21. The third kappa shape index (κ3) is 3.92. The molecule has 2 unspecified atom stereocenters. The number of rotatable bonds is 6. The fourth-order valence-corrected chi connectivity index (χ4v) is 6.73. The number of primary amides is 1. The topological polar surface area (TPSA) is 185 Å². The van der Waals surface area contributed by atoms with Crippen molar-refractivity contribution in [2.45, 2.75) is 30.3 Å². The molecule has 3 aliphatic rings. The van der Waals surface area contributed by atoms with Crippen LogP contribution < -0.4 is 5.73 Å². The van der Waals surface area contributed by atoms with Crippen molar-refractivity contribution in [2.75, 3.05) is 20.7 Å². The molecule has 0 radical (unpaired) electrons. The van der Waals surface area contributed by atoms with Gasteiger partial charge in [0, 0.05) is 5.92 Å². The molecule has 2 saturated carbocycles. The van der Waals surface area contributed by atoms with E-state index in [-0.39, 0.29) is 17.7 Å². The van der Waals surface area contributed by atoms with Gasteiger partial charge in [0.25, 0.3) is 0 Å². The Morgan fingerprint density at radius 3 is 2.33 bits per heavy atom. The average Bonchev–Trinajstić information content (AvgIpc) is 2.90. The number of fused-ring (bicyclic) bond motifs is 3. The van der Waals surface area contributed by atoms with Gasteiger partial charge in [0.2, 0.25) is 5.91 Å². The average molecular weight is 551 g/mol. The number of benzene rings is 2. The van der Waals surface area contributed by atoms with Crippen LogP contribution in [0.4, 0.5) is 0 Å². The number of ether oxygens (including phenoxy) is 1. The summed E-state index contributed by atoms with van der Waals surface area (Å²) in [5.74, 6) is -13.3. The Hall–Kier alpha value is -3.77. The van der Waals surface area contributed by atoms with E-state index >= 15 is 0 Å². The molecular weight excluding hydrogens is 520 g/mol. The van der Waals surface area contributed by atoms with Crippen molar-refractivity contribution < 1.29 is 44.0 Å². The number of phenolic OH excluding ortho intramolecular Hbond substituents is 1. The van der Waals surface area contributed by atoms with Gasteiger partial charge >= 0.3 is 0 Å². The van der Waals surface area contributed by atoms with Crippen molar-refractivity contribution in [3.63, 3.8) is 0 Å². The van der Waals surface area contributed by atoms with E-state index in [2.05, 4.69) is 0 Å². The molecule has 0 aliphatic heterocycles. The number of amides is 1. The largest absolute Gasteiger partial charge is 0.507 e. The van der Waals surface area contributed by atoms with Crippen LogP contribution in [-0.2, 0) is 30.3 Å². The Balaban J connectivity index is 1.64. The number of aromatic hydroxyl groups is 1. The second-order valence-corrected chi connectivity index (χ2v) is 10.8. The molecule has 0 aromatic heterocycles. The maximum Gasteiger partial charge on any atom is 0.235 e. The van der Waals surface area contributed by atoms with Crippen LogP contribution in [0.3, 0.4) is 0 Å². The summed E-state index contributed by atoms with van der Waals surface area (Å²) >= 11 is 0. The van der Waals surface area contributed by atoms with E-state index in [1.807, 2.05) is 30.3 Å². The Morgan fingerprint density at radius 2 is 1.70 bits per heavy atom. The van der Waals surface area contributed by atoms with Gasteiger partial charge in [-0.15, -0.1) is 0 Å². The maximum atomic E-state index is 14.1. The van der Waals surface area contributed by atoms with E-state index in [4.69, 9.17) is 10.5 Å². The summed E-state index contributed by atoms with van der Waals surface area (Å²) in [6.45, 7) is 0.107. The predicted molar refractivity (Wildman–Crippen MR) is 138 cm³/mol. The second kappa shape index (κ2) is 10.0. The first-order chi connectivity index (χ1) is 18.9. The van der Waals surface area contributed by atoms with Crippen molar-refractivity contribution in [3.05, 3.63) is 65.2 Å². The van der Waals surface area contributed by atoms with Gasteiger partial charge in [0.15, 0.2) is 34.7 Å². The Morgan fingerprint density at radius 1 is 1.02 bits per heavy atom. The Bertz CT molecular complexity index is 1410. The molecule has 1 amide bonds. The summed E-state index contributed by atoms with van der Waals surface area (Å²) in [5, 5.41) is 34.2. The van der Waals surface area contributed by atoms with Crippen LogP contribution in [0.15, 0.2) is 48.5 Å². The number of carbonyl (C=O) groups excluding carboxylic acids is 5. The fraction of sp³-hybridized carbons (Fsp3) is 0.414. The summed E-state index contributed by atoms with van der Waals surface area (Å²) in [4.78, 5) is 68.0. The molecule has 0 bridgehead atoms. The van der Waals surface area contributed by atoms with Gasteiger partial charge < -0.3 is 25.8 Å². The zero-order chi connectivity index (χ0) is 29.1. The monoisotopic (exact) mass is 550 g/mol. The van der Waals surface area contributed by atoms with Crippen LogP contribution in [0.5, 0.6) is 5.75 Å². The van der Waals surface area contributed by atoms with Gasteiger partial charge in [-0.1, -0.05) is 42.5 Å². The highest BCUT2D eigenvalue weighted by molar-refractivity contribution is 6.32. The molecule has 8 atom stereocenters. The summed E-state index contributed by atoms with van der Waals surface area (Å²) in [5.41, 5.74) is 3.24. The lowest BCUT2D eigenvalue weighted by atomic mass is 9.50. The van der Waals surface area contributed by atoms with E-state index < -0.39 is 82.3 Å². The number of aliphatic hydroxyl groups is 2. The quantitative estimate of drug-likeness (QED) is 0.345. The lowest BCUT2D eigenvalue weighted by molar-refractivity contribution is -0.204. The van der Waals surface area contributed by atoms with E-state index in [1.54, 1.807) is 0 Å². The number of likely N-dealkylation sites (N-methyl/N-ethyl adjacent to an activating group) is 1. The molecule has 11 heteroatoms. The van der Waals surface area contributed by atoms with E-state index in [0.717, 1.165) is 5.56 Å². The first kappa shape index (κ1) is 27.8. The predicted octanol–water partition coefficient (Wildman–Crippen LogP) is -0.404. The molecule has 5 N–H and O–H groups in total. The van der Waals surface area contributed by atoms with Gasteiger partial charge in [0.1, 0.15) is 5.75 Å². The van der Waals surface area contributed by atoms with E-state index in [0.29, 0.717) is 6.42 Å². The number of hydrogen-bond acceptors (Lipinski definition) is 10. The number of carbonyl (C=O) groups is 5. The van der Waals surface area contributed by atoms with Crippen molar-refractivity contribution in [1.29, 1.82) is 0 Å². The summed E-state index contributed by atoms with van der Waals surface area (Å²) in [6, 6.07) is 12.2. The van der Waals surface area contributed by atoms with Crippen LogP contribution in [0.1, 0.15) is 27.6 Å². The molecule has 3 aliphatic carbocycles. The second-order valence-electron chi connectivity index (χ2n) is 10.8. The first-order valence-corrected chi connectivity index (χ1v) is 12.9.